The van der Waals surface area contributed by atoms with E-state index >= 15 is 0 Å². The number of hydrogen-bond donors (Lipinski definition) is 1. The molecule has 0 spiro atoms. The van der Waals surface area contributed by atoms with Crippen molar-refractivity contribution in [3.05, 3.63) is 35.1 Å². The monoisotopic (exact) mass is 183 g/mol. The van der Waals surface area contributed by atoms with E-state index in [9.17, 15) is 9.18 Å². The molecule has 0 unspecified atom stereocenters. The van der Waals surface area contributed by atoms with Gasteiger partial charge >= 0.3 is 5.97 Å². The summed E-state index contributed by atoms with van der Waals surface area (Å²) in [6.45, 7) is 0.0661. The first-order valence-electron chi connectivity index (χ1n) is 3.76. The van der Waals surface area contributed by atoms with E-state index in [0.717, 1.165) is 0 Å². The minimum atomic E-state index is -0.687. The smallest absolute Gasteiger partial charge is 0.340 e. The Balaban J connectivity index is 3.15. The Morgan fingerprint density at radius 3 is 2.85 bits per heavy atom. The summed E-state index contributed by atoms with van der Waals surface area (Å²) in [4.78, 5) is 11.0. The lowest BCUT2D eigenvalue weighted by atomic mass is 10.1. The summed E-state index contributed by atoms with van der Waals surface area (Å²) in [5, 5.41) is 0. The zero-order valence-electron chi connectivity index (χ0n) is 7.21. The SMILES string of the molecule is COC(=O)c1cccc(CN)c1F. The first-order valence-corrected chi connectivity index (χ1v) is 3.76. The molecule has 2 N–H and O–H groups in total. The van der Waals surface area contributed by atoms with Crippen LogP contribution in [0.5, 0.6) is 0 Å². The van der Waals surface area contributed by atoms with E-state index < -0.39 is 11.8 Å². The Morgan fingerprint density at radius 1 is 1.62 bits per heavy atom. The number of benzene rings is 1. The van der Waals surface area contributed by atoms with Crippen LogP contribution in [0.3, 0.4) is 0 Å². The van der Waals surface area contributed by atoms with Gasteiger partial charge in [-0.25, -0.2) is 9.18 Å². The topological polar surface area (TPSA) is 52.3 Å². The molecule has 0 aliphatic heterocycles. The van der Waals surface area contributed by atoms with E-state index in [1.165, 1.54) is 19.2 Å². The molecule has 0 radical (unpaired) electrons. The van der Waals surface area contributed by atoms with Crippen molar-refractivity contribution >= 4 is 5.97 Å². The molecule has 0 fully saturated rings. The van der Waals surface area contributed by atoms with Crippen molar-refractivity contribution in [1.29, 1.82) is 0 Å². The van der Waals surface area contributed by atoms with Crippen molar-refractivity contribution in [2.24, 2.45) is 5.73 Å². The summed E-state index contributed by atoms with van der Waals surface area (Å²) in [6.07, 6.45) is 0. The molecular formula is C9H10FNO2. The fraction of sp³-hybridized carbons (Fsp3) is 0.222. The lowest BCUT2D eigenvalue weighted by Gasteiger charge is -2.04. The maximum absolute atomic E-state index is 13.3. The number of hydrogen-bond acceptors (Lipinski definition) is 3. The molecule has 0 saturated heterocycles. The third-order valence-corrected chi connectivity index (χ3v) is 1.70. The van der Waals surface area contributed by atoms with Gasteiger partial charge in [-0.05, 0) is 6.07 Å². The number of carbonyl (C=O) groups excluding carboxylic acids is 1. The second-order valence-electron chi connectivity index (χ2n) is 2.47. The summed E-state index contributed by atoms with van der Waals surface area (Å²) in [5.41, 5.74) is 5.50. The molecule has 0 aliphatic carbocycles. The van der Waals surface area contributed by atoms with Crippen LogP contribution in [0, 0.1) is 5.82 Å². The predicted octanol–water partition coefficient (Wildman–Crippen LogP) is 1.07. The van der Waals surface area contributed by atoms with Crippen LogP contribution in [0.25, 0.3) is 0 Å². The highest BCUT2D eigenvalue weighted by molar-refractivity contribution is 5.89. The van der Waals surface area contributed by atoms with Gasteiger partial charge in [0.05, 0.1) is 12.7 Å². The zero-order valence-corrected chi connectivity index (χ0v) is 7.21. The first-order chi connectivity index (χ1) is 6.20. The molecule has 0 aromatic heterocycles. The number of halogens is 1. The molecule has 1 aromatic rings. The largest absolute Gasteiger partial charge is 0.465 e. The van der Waals surface area contributed by atoms with Gasteiger partial charge in [-0.2, -0.15) is 0 Å². The number of methoxy groups -OCH3 is 1. The van der Waals surface area contributed by atoms with Crippen LogP contribution in [-0.2, 0) is 11.3 Å². The summed E-state index contributed by atoms with van der Waals surface area (Å²) in [7, 11) is 1.21. The van der Waals surface area contributed by atoms with Gasteiger partial charge in [0.2, 0.25) is 0 Å². The number of nitrogens with two attached hydrogens (primary N) is 1. The summed E-state index contributed by atoms with van der Waals surface area (Å²) < 4.78 is 17.7. The number of rotatable bonds is 2. The minimum Gasteiger partial charge on any atom is -0.465 e. The van der Waals surface area contributed by atoms with E-state index in [1.807, 2.05) is 0 Å². The molecule has 0 heterocycles. The third-order valence-electron chi connectivity index (χ3n) is 1.70. The molecule has 0 bridgehead atoms. The lowest BCUT2D eigenvalue weighted by molar-refractivity contribution is 0.0595. The van der Waals surface area contributed by atoms with Gasteiger partial charge in [0.15, 0.2) is 0 Å². The van der Waals surface area contributed by atoms with Crippen molar-refractivity contribution in [3.8, 4) is 0 Å². The first kappa shape index (κ1) is 9.67. The minimum absolute atomic E-state index is 0.0661. The molecule has 0 atom stereocenters. The van der Waals surface area contributed by atoms with Crippen LogP contribution in [0.1, 0.15) is 15.9 Å². The molecule has 1 rings (SSSR count). The highest BCUT2D eigenvalue weighted by Crippen LogP contribution is 2.13. The van der Waals surface area contributed by atoms with E-state index in [2.05, 4.69) is 4.74 Å². The van der Waals surface area contributed by atoms with Crippen molar-refractivity contribution < 1.29 is 13.9 Å². The van der Waals surface area contributed by atoms with Crippen molar-refractivity contribution in [2.45, 2.75) is 6.54 Å². The number of carbonyl (C=O) groups is 1. The van der Waals surface area contributed by atoms with Crippen LogP contribution < -0.4 is 5.73 Å². The molecule has 13 heavy (non-hydrogen) atoms. The Morgan fingerprint density at radius 2 is 2.31 bits per heavy atom. The third kappa shape index (κ3) is 1.84. The molecule has 3 nitrogen and oxygen atoms in total. The van der Waals surface area contributed by atoms with Crippen LogP contribution in [-0.4, -0.2) is 13.1 Å². The van der Waals surface area contributed by atoms with Gasteiger partial charge in [-0.15, -0.1) is 0 Å². The Kier molecular flexibility index (Phi) is 2.97. The van der Waals surface area contributed by atoms with Gasteiger partial charge in [0, 0.05) is 12.1 Å². The van der Waals surface area contributed by atoms with Crippen LogP contribution in [0.4, 0.5) is 4.39 Å². The number of esters is 1. The normalized spacial score (nSPS) is 9.77. The summed E-state index contributed by atoms with van der Waals surface area (Å²) in [5.74, 6) is -1.29. The maximum Gasteiger partial charge on any atom is 0.340 e. The van der Waals surface area contributed by atoms with E-state index in [1.54, 1.807) is 6.07 Å². The van der Waals surface area contributed by atoms with Gasteiger partial charge in [-0.1, -0.05) is 12.1 Å². The van der Waals surface area contributed by atoms with Crippen molar-refractivity contribution in [2.75, 3.05) is 7.11 Å². The molecule has 0 aliphatic rings. The fourth-order valence-electron chi connectivity index (χ4n) is 1.01. The zero-order chi connectivity index (χ0) is 9.84. The van der Waals surface area contributed by atoms with Crippen LogP contribution in [0.15, 0.2) is 18.2 Å². The van der Waals surface area contributed by atoms with E-state index in [-0.39, 0.29) is 12.1 Å². The average molecular weight is 183 g/mol. The Bertz CT molecular complexity index is 325. The standard InChI is InChI=1S/C9H10FNO2/c1-13-9(12)7-4-2-3-6(5-11)8(7)10/h2-4H,5,11H2,1H3. The van der Waals surface area contributed by atoms with E-state index in [4.69, 9.17) is 5.73 Å². The van der Waals surface area contributed by atoms with Crippen LogP contribution in [0.2, 0.25) is 0 Å². The summed E-state index contributed by atoms with van der Waals surface area (Å²) in [6, 6.07) is 4.46. The highest BCUT2D eigenvalue weighted by Gasteiger charge is 2.13. The van der Waals surface area contributed by atoms with Gasteiger partial charge in [-0.3, -0.25) is 0 Å². The Hall–Kier alpha value is -1.42. The highest BCUT2D eigenvalue weighted by atomic mass is 19.1. The maximum atomic E-state index is 13.3. The van der Waals surface area contributed by atoms with Gasteiger partial charge in [0.25, 0.3) is 0 Å². The quantitative estimate of drug-likeness (QED) is 0.698. The molecule has 70 valence electrons. The molecule has 0 saturated carbocycles. The van der Waals surface area contributed by atoms with Gasteiger partial charge < -0.3 is 10.5 Å². The second kappa shape index (κ2) is 4.00. The molecule has 1 aromatic carbocycles. The predicted molar refractivity (Wildman–Crippen MR) is 45.6 cm³/mol. The van der Waals surface area contributed by atoms with Crippen molar-refractivity contribution in [1.82, 2.24) is 0 Å². The summed E-state index contributed by atoms with van der Waals surface area (Å²) >= 11 is 0. The van der Waals surface area contributed by atoms with Crippen molar-refractivity contribution in [3.63, 3.8) is 0 Å². The molecule has 0 amide bonds. The average Bonchev–Trinajstić information content (AvgIpc) is 2.17. The number of ether oxygens (including phenoxy) is 1. The lowest BCUT2D eigenvalue weighted by Crippen LogP contribution is -2.08. The second-order valence-corrected chi connectivity index (χ2v) is 2.47. The fourth-order valence-corrected chi connectivity index (χ4v) is 1.01. The Labute approximate surface area is 75.3 Å². The van der Waals surface area contributed by atoms with Gasteiger partial charge in [0.1, 0.15) is 5.82 Å². The van der Waals surface area contributed by atoms with E-state index in [0.29, 0.717) is 5.56 Å². The van der Waals surface area contributed by atoms with Crippen LogP contribution >= 0.6 is 0 Å². The molecule has 4 heteroatoms. The molecular weight excluding hydrogens is 173 g/mol.